The lowest BCUT2D eigenvalue weighted by Crippen LogP contribution is -1.92. The van der Waals surface area contributed by atoms with E-state index in [0.29, 0.717) is 0 Å². The summed E-state index contributed by atoms with van der Waals surface area (Å²) >= 11 is 0. The zero-order valence-electron chi connectivity index (χ0n) is 29.5. The molecule has 11 aromatic rings. The summed E-state index contributed by atoms with van der Waals surface area (Å²) in [4.78, 5) is 4.35. The number of hydrogen-bond donors (Lipinski definition) is 0. The highest BCUT2D eigenvalue weighted by Crippen LogP contribution is 2.45. The number of aromatic nitrogens is 1. The normalized spacial score (nSPS) is 11.7. The van der Waals surface area contributed by atoms with Gasteiger partial charge in [0.15, 0.2) is 0 Å². The van der Waals surface area contributed by atoms with Gasteiger partial charge in [0, 0.05) is 12.4 Å². The highest BCUT2D eigenvalue weighted by molar-refractivity contribution is 6.26. The number of hydrogen-bond acceptors (Lipinski definition) is 1. The van der Waals surface area contributed by atoms with Crippen molar-refractivity contribution in [1.82, 2.24) is 4.98 Å². The topological polar surface area (TPSA) is 12.9 Å². The summed E-state index contributed by atoms with van der Waals surface area (Å²) in [6.45, 7) is 0. The first kappa shape index (κ1) is 30.5. The van der Waals surface area contributed by atoms with E-state index >= 15 is 0 Å². The van der Waals surface area contributed by atoms with Crippen molar-refractivity contribution in [2.45, 2.75) is 0 Å². The van der Waals surface area contributed by atoms with Crippen LogP contribution in [-0.2, 0) is 0 Å². The van der Waals surface area contributed by atoms with Crippen molar-refractivity contribution in [3.8, 4) is 44.5 Å². The van der Waals surface area contributed by atoms with Gasteiger partial charge >= 0.3 is 0 Å². The van der Waals surface area contributed by atoms with Gasteiger partial charge in [-0.25, -0.2) is 0 Å². The molecule has 1 heterocycles. The van der Waals surface area contributed by atoms with E-state index in [1.54, 1.807) is 0 Å². The highest BCUT2D eigenvalue weighted by atomic mass is 14.6. The molecule has 1 aromatic heterocycles. The summed E-state index contributed by atoms with van der Waals surface area (Å²) in [5, 5.41) is 15.2. The molecule has 0 saturated heterocycles. The zero-order valence-corrected chi connectivity index (χ0v) is 29.5. The summed E-state index contributed by atoms with van der Waals surface area (Å²) in [5.41, 5.74) is 9.76. The van der Waals surface area contributed by atoms with E-state index in [0.717, 1.165) is 0 Å². The van der Waals surface area contributed by atoms with Crippen LogP contribution in [0, 0.1) is 0 Å². The van der Waals surface area contributed by atoms with Crippen LogP contribution in [0.15, 0.2) is 200 Å². The van der Waals surface area contributed by atoms with Crippen molar-refractivity contribution in [3.05, 3.63) is 200 Å². The molecule has 0 fully saturated rings. The number of pyridine rings is 1. The summed E-state index contributed by atoms with van der Waals surface area (Å²) in [5.74, 6) is 0. The average Bonchev–Trinajstić information content (AvgIpc) is 3.25. The number of fused-ring (bicyclic) bond motifs is 9. The summed E-state index contributed by atoms with van der Waals surface area (Å²) in [6, 6.07) is 69.2. The van der Waals surface area contributed by atoms with Crippen molar-refractivity contribution in [2.24, 2.45) is 0 Å². The van der Waals surface area contributed by atoms with E-state index in [2.05, 4.69) is 193 Å². The fourth-order valence-electron chi connectivity index (χ4n) is 8.80. The second-order valence-corrected chi connectivity index (χ2v) is 14.3. The van der Waals surface area contributed by atoms with E-state index in [4.69, 9.17) is 0 Å². The van der Waals surface area contributed by atoms with Gasteiger partial charge in [-0.1, -0.05) is 152 Å². The first-order valence-corrected chi connectivity index (χ1v) is 18.6. The first-order chi connectivity index (χ1) is 26.8. The summed E-state index contributed by atoms with van der Waals surface area (Å²) in [7, 11) is 0. The van der Waals surface area contributed by atoms with E-state index in [1.807, 2.05) is 12.4 Å². The van der Waals surface area contributed by atoms with E-state index in [9.17, 15) is 0 Å². The van der Waals surface area contributed by atoms with Gasteiger partial charge in [-0.2, -0.15) is 0 Å². The molecule has 0 aliphatic heterocycles. The molecule has 0 aliphatic rings. The summed E-state index contributed by atoms with van der Waals surface area (Å²) < 4.78 is 0. The molecule has 0 bridgehead atoms. The Balaban J connectivity index is 1.09. The predicted octanol–water partition coefficient (Wildman–Crippen LogP) is 14.7. The van der Waals surface area contributed by atoms with Gasteiger partial charge < -0.3 is 0 Å². The minimum absolute atomic E-state index is 1.17. The minimum atomic E-state index is 1.17. The molecule has 1 nitrogen and oxygen atoms in total. The molecule has 250 valence electrons. The molecular weight excluding hydrogens is 651 g/mol. The SMILES string of the molecule is c1ccc(-c2ccc3c(-c4ccc5cc(-c6ccc7c8ccccc8c8ccccc8c7c6)ccc5c4)c4ccccc4c(-c4ccncc4)c3c2)cc1. The Bertz CT molecular complexity index is 3220. The first-order valence-electron chi connectivity index (χ1n) is 18.6. The van der Waals surface area contributed by atoms with Crippen LogP contribution in [0.4, 0.5) is 0 Å². The Morgan fingerprint density at radius 3 is 1.28 bits per heavy atom. The molecule has 0 spiro atoms. The molecule has 0 radical (unpaired) electrons. The largest absolute Gasteiger partial charge is 0.265 e. The Morgan fingerprint density at radius 1 is 0.222 bits per heavy atom. The molecule has 1 heteroatoms. The Morgan fingerprint density at radius 2 is 0.630 bits per heavy atom. The van der Waals surface area contributed by atoms with Crippen LogP contribution in [0.3, 0.4) is 0 Å². The molecule has 0 amide bonds. The van der Waals surface area contributed by atoms with Crippen LogP contribution in [0.5, 0.6) is 0 Å². The van der Waals surface area contributed by atoms with Crippen molar-refractivity contribution >= 4 is 64.6 Å². The number of benzene rings is 10. The molecule has 54 heavy (non-hydrogen) atoms. The Kier molecular flexibility index (Phi) is 6.93. The average molecular weight is 684 g/mol. The third kappa shape index (κ3) is 4.83. The third-order valence-electron chi connectivity index (χ3n) is 11.3. The molecule has 0 unspecified atom stereocenters. The lowest BCUT2D eigenvalue weighted by Gasteiger charge is -2.19. The van der Waals surface area contributed by atoms with E-state index < -0.39 is 0 Å². The maximum atomic E-state index is 4.35. The van der Waals surface area contributed by atoms with Crippen molar-refractivity contribution in [1.29, 1.82) is 0 Å². The van der Waals surface area contributed by atoms with Gasteiger partial charge in [0.2, 0.25) is 0 Å². The quantitative estimate of drug-likeness (QED) is 0.133. The van der Waals surface area contributed by atoms with Crippen LogP contribution >= 0.6 is 0 Å². The van der Waals surface area contributed by atoms with Crippen LogP contribution in [0.25, 0.3) is 109 Å². The van der Waals surface area contributed by atoms with E-state index in [1.165, 1.54) is 109 Å². The standard InChI is InChI=1S/C53H33N/c1-2-10-34(11-3-1)39-23-25-49-51(33-39)52(35-26-28-54-29-27-35)47-16-8-9-17-48(47)53(49)41-21-20-36-30-37(18-19-38(36)31-41)40-22-24-46-44-14-5-4-12-42(44)43-13-6-7-15-45(43)50(46)32-40/h1-33H. The number of nitrogens with zero attached hydrogens (tertiary/aromatic N) is 1. The Labute approximate surface area is 313 Å². The van der Waals surface area contributed by atoms with E-state index in [-0.39, 0.29) is 0 Å². The fraction of sp³-hybridized carbons (Fsp3) is 0. The molecule has 10 aromatic carbocycles. The van der Waals surface area contributed by atoms with Crippen molar-refractivity contribution in [2.75, 3.05) is 0 Å². The van der Waals surface area contributed by atoms with Gasteiger partial charge in [-0.05, 0) is 146 Å². The maximum absolute atomic E-state index is 4.35. The highest BCUT2D eigenvalue weighted by Gasteiger charge is 2.18. The Hall–Kier alpha value is -7.09. The fourth-order valence-corrected chi connectivity index (χ4v) is 8.80. The zero-order chi connectivity index (χ0) is 35.6. The molecule has 0 atom stereocenters. The van der Waals surface area contributed by atoms with Gasteiger partial charge in [0.1, 0.15) is 0 Å². The van der Waals surface area contributed by atoms with Gasteiger partial charge in [-0.15, -0.1) is 0 Å². The molecule has 0 aliphatic carbocycles. The van der Waals surface area contributed by atoms with Gasteiger partial charge in [-0.3, -0.25) is 4.98 Å². The van der Waals surface area contributed by atoms with Crippen LogP contribution < -0.4 is 0 Å². The second kappa shape index (κ2) is 12.3. The third-order valence-corrected chi connectivity index (χ3v) is 11.3. The molecule has 0 saturated carbocycles. The van der Waals surface area contributed by atoms with Gasteiger partial charge in [0.25, 0.3) is 0 Å². The lowest BCUT2D eigenvalue weighted by atomic mass is 9.84. The second-order valence-electron chi connectivity index (χ2n) is 14.3. The van der Waals surface area contributed by atoms with Gasteiger partial charge in [0.05, 0.1) is 0 Å². The molecular formula is C53H33N. The van der Waals surface area contributed by atoms with Crippen LogP contribution in [0.2, 0.25) is 0 Å². The molecule has 0 N–H and O–H groups in total. The smallest absolute Gasteiger partial charge is 0.0273 e. The van der Waals surface area contributed by atoms with Crippen LogP contribution in [0.1, 0.15) is 0 Å². The molecule has 11 rings (SSSR count). The number of rotatable bonds is 4. The summed E-state index contributed by atoms with van der Waals surface area (Å²) in [6.07, 6.45) is 3.79. The lowest BCUT2D eigenvalue weighted by molar-refractivity contribution is 1.33. The van der Waals surface area contributed by atoms with Crippen molar-refractivity contribution in [3.63, 3.8) is 0 Å². The van der Waals surface area contributed by atoms with Crippen LogP contribution in [-0.4, -0.2) is 4.98 Å². The van der Waals surface area contributed by atoms with Crippen molar-refractivity contribution < 1.29 is 0 Å². The predicted molar refractivity (Wildman–Crippen MR) is 231 cm³/mol. The maximum Gasteiger partial charge on any atom is 0.0273 e. The monoisotopic (exact) mass is 683 g/mol. The minimum Gasteiger partial charge on any atom is -0.265 e.